The normalized spacial score (nSPS) is 19.1. The number of amides is 1. The largest absolute Gasteiger partial charge is 0.350 e. The van der Waals surface area contributed by atoms with Crippen LogP contribution in [0, 0.1) is 13.8 Å². The minimum Gasteiger partial charge on any atom is -0.350 e. The minimum absolute atomic E-state index is 0.0497. The van der Waals surface area contributed by atoms with E-state index < -0.39 is 0 Å². The first-order valence-corrected chi connectivity index (χ1v) is 7.20. The van der Waals surface area contributed by atoms with Gasteiger partial charge in [-0.25, -0.2) is 0 Å². The molecule has 2 N–H and O–H groups in total. The van der Waals surface area contributed by atoms with E-state index in [4.69, 9.17) is 0 Å². The summed E-state index contributed by atoms with van der Waals surface area (Å²) >= 11 is 0. The molecule has 1 amide bonds. The number of hydrogen-bond acceptors (Lipinski definition) is 2. The highest BCUT2D eigenvalue weighted by molar-refractivity contribution is 5.95. The first kappa shape index (κ1) is 14.1. The van der Waals surface area contributed by atoms with Gasteiger partial charge in [-0.1, -0.05) is 0 Å². The summed E-state index contributed by atoms with van der Waals surface area (Å²) in [6.07, 6.45) is 2.37. The molecule has 1 aliphatic heterocycles. The highest BCUT2D eigenvalue weighted by Crippen LogP contribution is 2.20. The Labute approximate surface area is 115 Å². The SMILES string of the molecule is Cc1cc(C(=O)NCC2CCCN2)c(C)n1C(C)C. The molecule has 0 radical (unpaired) electrons. The van der Waals surface area contributed by atoms with Gasteiger partial charge in [-0.05, 0) is 53.1 Å². The van der Waals surface area contributed by atoms with Gasteiger partial charge in [-0.2, -0.15) is 0 Å². The van der Waals surface area contributed by atoms with Crippen molar-refractivity contribution in [2.75, 3.05) is 13.1 Å². The van der Waals surface area contributed by atoms with E-state index in [0.717, 1.165) is 36.5 Å². The number of rotatable bonds is 4. The Bertz CT molecular complexity index is 456. The molecule has 4 heteroatoms. The summed E-state index contributed by atoms with van der Waals surface area (Å²) < 4.78 is 2.21. The molecule has 1 aromatic heterocycles. The van der Waals surface area contributed by atoms with E-state index >= 15 is 0 Å². The Morgan fingerprint density at radius 1 is 1.53 bits per heavy atom. The first-order valence-electron chi connectivity index (χ1n) is 7.20. The van der Waals surface area contributed by atoms with Gasteiger partial charge in [0.25, 0.3) is 5.91 Å². The lowest BCUT2D eigenvalue weighted by molar-refractivity contribution is 0.0949. The molecule has 0 saturated carbocycles. The van der Waals surface area contributed by atoms with Crippen molar-refractivity contribution < 1.29 is 4.79 Å². The Kier molecular flexibility index (Phi) is 4.30. The lowest BCUT2D eigenvalue weighted by atomic mass is 10.2. The molecule has 0 bridgehead atoms. The van der Waals surface area contributed by atoms with Gasteiger partial charge in [0.15, 0.2) is 0 Å². The summed E-state index contributed by atoms with van der Waals surface area (Å²) in [5.74, 6) is 0.0497. The third-order valence-corrected chi connectivity index (χ3v) is 3.92. The number of hydrogen-bond donors (Lipinski definition) is 2. The van der Waals surface area contributed by atoms with Crippen molar-refractivity contribution in [3.8, 4) is 0 Å². The quantitative estimate of drug-likeness (QED) is 0.874. The van der Waals surface area contributed by atoms with Crippen molar-refractivity contribution in [1.82, 2.24) is 15.2 Å². The maximum Gasteiger partial charge on any atom is 0.253 e. The molecule has 106 valence electrons. The van der Waals surface area contributed by atoms with E-state index in [2.05, 4.69) is 36.0 Å². The molecule has 2 rings (SSSR count). The van der Waals surface area contributed by atoms with Gasteiger partial charge < -0.3 is 15.2 Å². The van der Waals surface area contributed by atoms with Crippen LogP contribution in [0.4, 0.5) is 0 Å². The number of aromatic nitrogens is 1. The van der Waals surface area contributed by atoms with Gasteiger partial charge in [0.1, 0.15) is 0 Å². The maximum atomic E-state index is 12.3. The van der Waals surface area contributed by atoms with Crippen molar-refractivity contribution >= 4 is 5.91 Å². The zero-order valence-corrected chi connectivity index (χ0v) is 12.4. The van der Waals surface area contributed by atoms with Crippen LogP contribution >= 0.6 is 0 Å². The van der Waals surface area contributed by atoms with Crippen molar-refractivity contribution in [3.63, 3.8) is 0 Å². The zero-order valence-electron chi connectivity index (χ0n) is 12.4. The topological polar surface area (TPSA) is 46.1 Å². The van der Waals surface area contributed by atoms with Crippen molar-refractivity contribution in [3.05, 3.63) is 23.0 Å². The first-order chi connectivity index (χ1) is 9.00. The molecule has 2 heterocycles. The summed E-state index contributed by atoms with van der Waals surface area (Å²) in [6.45, 7) is 10.2. The van der Waals surface area contributed by atoms with E-state index in [0.29, 0.717) is 12.1 Å². The van der Waals surface area contributed by atoms with Crippen LogP contribution < -0.4 is 10.6 Å². The summed E-state index contributed by atoms with van der Waals surface area (Å²) in [5.41, 5.74) is 3.02. The van der Waals surface area contributed by atoms with Crippen LogP contribution in [0.3, 0.4) is 0 Å². The lowest BCUT2D eigenvalue weighted by Crippen LogP contribution is -2.37. The van der Waals surface area contributed by atoms with Crippen molar-refractivity contribution in [2.24, 2.45) is 0 Å². The highest BCUT2D eigenvalue weighted by Gasteiger charge is 2.19. The highest BCUT2D eigenvalue weighted by atomic mass is 16.1. The number of carbonyl (C=O) groups is 1. The van der Waals surface area contributed by atoms with Gasteiger partial charge in [-0.15, -0.1) is 0 Å². The molecule has 1 unspecified atom stereocenters. The van der Waals surface area contributed by atoms with Crippen LogP contribution in [0.25, 0.3) is 0 Å². The Morgan fingerprint density at radius 2 is 2.26 bits per heavy atom. The smallest absolute Gasteiger partial charge is 0.253 e. The summed E-state index contributed by atoms with van der Waals surface area (Å²) in [6, 6.07) is 2.82. The van der Waals surface area contributed by atoms with Gasteiger partial charge in [0.2, 0.25) is 0 Å². The third-order valence-electron chi connectivity index (χ3n) is 3.92. The van der Waals surface area contributed by atoms with Crippen LogP contribution in [0.2, 0.25) is 0 Å². The van der Waals surface area contributed by atoms with Crippen LogP contribution in [0.5, 0.6) is 0 Å². The molecule has 0 spiro atoms. The van der Waals surface area contributed by atoms with Crippen LogP contribution in [-0.4, -0.2) is 29.6 Å². The summed E-state index contributed by atoms with van der Waals surface area (Å²) in [5, 5.41) is 6.44. The molecular formula is C15H25N3O. The molecule has 1 fully saturated rings. The Hall–Kier alpha value is -1.29. The second-order valence-corrected chi connectivity index (χ2v) is 5.75. The van der Waals surface area contributed by atoms with Gasteiger partial charge in [0.05, 0.1) is 5.56 Å². The standard InChI is InChI=1S/C15H25N3O/c1-10(2)18-11(3)8-14(12(18)4)15(19)17-9-13-6-5-7-16-13/h8,10,13,16H,5-7,9H2,1-4H3,(H,17,19). The second kappa shape index (κ2) is 5.78. The summed E-state index contributed by atoms with van der Waals surface area (Å²) in [4.78, 5) is 12.3. The molecular weight excluding hydrogens is 238 g/mol. The minimum atomic E-state index is 0.0497. The molecule has 1 aliphatic rings. The van der Waals surface area contributed by atoms with Crippen LogP contribution in [0.15, 0.2) is 6.07 Å². The van der Waals surface area contributed by atoms with Crippen LogP contribution in [-0.2, 0) is 0 Å². The molecule has 1 atom stereocenters. The molecule has 1 saturated heterocycles. The predicted molar refractivity (Wildman–Crippen MR) is 77.6 cm³/mol. The molecule has 1 aromatic rings. The second-order valence-electron chi connectivity index (χ2n) is 5.75. The number of nitrogens with zero attached hydrogens (tertiary/aromatic N) is 1. The Balaban J connectivity index is 2.04. The van der Waals surface area contributed by atoms with Crippen molar-refractivity contribution in [2.45, 2.75) is 52.6 Å². The van der Waals surface area contributed by atoms with E-state index in [1.165, 1.54) is 6.42 Å². The Morgan fingerprint density at radius 3 is 2.79 bits per heavy atom. The number of aryl methyl sites for hydroxylation is 1. The fraction of sp³-hybridized carbons (Fsp3) is 0.667. The number of nitrogens with one attached hydrogen (secondary N) is 2. The van der Waals surface area contributed by atoms with Gasteiger partial charge in [-0.3, -0.25) is 4.79 Å². The zero-order chi connectivity index (χ0) is 14.0. The monoisotopic (exact) mass is 263 g/mol. The van der Waals surface area contributed by atoms with E-state index in [9.17, 15) is 4.79 Å². The fourth-order valence-electron chi connectivity index (χ4n) is 3.04. The van der Waals surface area contributed by atoms with Crippen LogP contribution in [0.1, 0.15) is 54.5 Å². The van der Waals surface area contributed by atoms with Crippen molar-refractivity contribution in [1.29, 1.82) is 0 Å². The molecule has 19 heavy (non-hydrogen) atoms. The molecule has 0 aromatic carbocycles. The lowest BCUT2D eigenvalue weighted by Gasteiger charge is -2.14. The number of carbonyl (C=O) groups excluding carboxylic acids is 1. The third kappa shape index (κ3) is 3.00. The molecule has 4 nitrogen and oxygen atoms in total. The van der Waals surface area contributed by atoms with E-state index in [-0.39, 0.29) is 5.91 Å². The summed E-state index contributed by atoms with van der Waals surface area (Å²) in [7, 11) is 0. The van der Waals surface area contributed by atoms with E-state index in [1.54, 1.807) is 0 Å². The predicted octanol–water partition coefficient (Wildman–Crippen LogP) is 2.17. The average Bonchev–Trinajstić information content (AvgIpc) is 2.94. The fourth-order valence-corrected chi connectivity index (χ4v) is 3.04. The van der Waals surface area contributed by atoms with Gasteiger partial charge >= 0.3 is 0 Å². The average molecular weight is 263 g/mol. The van der Waals surface area contributed by atoms with Gasteiger partial charge in [0, 0.05) is 30.0 Å². The molecule has 0 aliphatic carbocycles. The van der Waals surface area contributed by atoms with E-state index in [1.807, 2.05) is 13.0 Å². The maximum absolute atomic E-state index is 12.3.